The van der Waals surface area contributed by atoms with E-state index in [1.807, 2.05) is 29.2 Å². The van der Waals surface area contributed by atoms with E-state index in [0.717, 1.165) is 43.3 Å². The van der Waals surface area contributed by atoms with Gasteiger partial charge in [0.15, 0.2) is 0 Å². The third-order valence-electron chi connectivity index (χ3n) is 4.69. The summed E-state index contributed by atoms with van der Waals surface area (Å²) in [5.74, 6) is 0.280. The number of hydrogen-bond acceptors (Lipinski definition) is 3. The first-order valence-corrected chi connectivity index (χ1v) is 9.50. The van der Waals surface area contributed by atoms with Gasteiger partial charge in [0, 0.05) is 41.8 Å². The number of nitrogens with zero attached hydrogens (tertiary/aromatic N) is 2. The first-order valence-electron chi connectivity index (χ1n) is 8.24. The molecule has 2 aliphatic rings. The average molecular weight is 359 g/mol. The minimum Gasteiger partial charge on any atom is -0.368 e. The Morgan fingerprint density at radius 2 is 1.83 bits per heavy atom. The zero-order chi connectivity index (χ0) is 16.5. The van der Waals surface area contributed by atoms with E-state index < -0.39 is 0 Å². The Morgan fingerprint density at radius 1 is 1.04 bits per heavy atom. The van der Waals surface area contributed by atoms with Crippen molar-refractivity contribution in [2.45, 2.75) is 16.6 Å². The molecule has 3 nitrogen and oxygen atoms in total. The van der Waals surface area contributed by atoms with Crippen molar-refractivity contribution in [2.24, 2.45) is 0 Å². The number of carbonyl (C=O) groups is 1. The second kappa shape index (κ2) is 6.69. The molecule has 1 saturated heterocycles. The number of carbonyl (C=O) groups excluding carboxylic acids is 1. The van der Waals surface area contributed by atoms with Crippen molar-refractivity contribution in [3.8, 4) is 0 Å². The SMILES string of the molecule is O=C(C1Cc2ccccc2S1)N1CCN(c2cccc(Cl)c2)CC1. The Labute approximate surface area is 151 Å². The zero-order valence-electron chi connectivity index (χ0n) is 13.3. The maximum absolute atomic E-state index is 12.8. The van der Waals surface area contributed by atoms with E-state index >= 15 is 0 Å². The van der Waals surface area contributed by atoms with Gasteiger partial charge in [-0.1, -0.05) is 35.9 Å². The van der Waals surface area contributed by atoms with E-state index in [1.165, 1.54) is 10.5 Å². The largest absolute Gasteiger partial charge is 0.368 e. The number of benzene rings is 2. The monoisotopic (exact) mass is 358 g/mol. The third-order valence-corrected chi connectivity index (χ3v) is 6.23. The lowest BCUT2D eigenvalue weighted by Crippen LogP contribution is -2.51. The van der Waals surface area contributed by atoms with Crippen molar-refractivity contribution >= 4 is 35.0 Å². The van der Waals surface area contributed by atoms with Crippen molar-refractivity contribution in [2.75, 3.05) is 31.1 Å². The van der Waals surface area contributed by atoms with Gasteiger partial charge in [-0.25, -0.2) is 0 Å². The van der Waals surface area contributed by atoms with E-state index in [4.69, 9.17) is 11.6 Å². The van der Waals surface area contributed by atoms with E-state index in [-0.39, 0.29) is 11.2 Å². The summed E-state index contributed by atoms with van der Waals surface area (Å²) < 4.78 is 0. The molecule has 0 N–H and O–H groups in total. The van der Waals surface area contributed by atoms with Crippen LogP contribution in [0.25, 0.3) is 0 Å². The number of halogens is 1. The number of amides is 1. The van der Waals surface area contributed by atoms with Crippen LogP contribution in [0.1, 0.15) is 5.56 Å². The van der Waals surface area contributed by atoms with Gasteiger partial charge in [0.25, 0.3) is 0 Å². The van der Waals surface area contributed by atoms with Crippen LogP contribution >= 0.6 is 23.4 Å². The Balaban J connectivity index is 1.37. The first-order chi connectivity index (χ1) is 11.7. The van der Waals surface area contributed by atoms with E-state index in [2.05, 4.69) is 29.2 Å². The summed E-state index contributed by atoms with van der Waals surface area (Å²) in [5, 5.41) is 0.797. The van der Waals surface area contributed by atoms with Crippen LogP contribution in [0.15, 0.2) is 53.4 Å². The lowest BCUT2D eigenvalue weighted by atomic mass is 10.1. The molecule has 0 spiro atoms. The summed E-state index contributed by atoms with van der Waals surface area (Å²) in [4.78, 5) is 18.4. The van der Waals surface area contributed by atoms with E-state index in [1.54, 1.807) is 11.8 Å². The number of thioether (sulfide) groups is 1. The quantitative estimate of drug-likeness (QED) is 0.817. The lowest BCUT2D eigenvalue weighted by molar-refractivity contribution is -0.130. The molecule has 2 heterocycles. The molecule has 124 valence electrons. The fraction of sp³-hybridized carbons (Fsp3) is 0.316. The van der Waals surface area contributed by atoms with Gasteiger partial charge in [0.1, 0.15) is 0 Å². The topological polar surface area (TPSA) is 23.6 Å². The molecular weight excluding hydrogens is 340 g/mol. The molecule has 0 aliphatic carbocycles. The number of rotatable bonds is 2. The van der Waals surface area contributed by atoms with Gasteiger partial charge in [-0.3, -0.25) is 4.79 Å². The Kier molecular flexibility index (Phi) is 4.42. The molecule has 0 bridgehead atoms. The Morgan fingerprint density at radius 3 is 2.58 bits per heavy atom. The normalized spacial score (nSPS) is 20.1. The molecule has 1 unspecified atom stereocenters. The molecule has 2 aromatic rings. The minimum atomic E-state index is 0.0418. The molecule has 1 fully saturated rings. The van der Waals surface area contributed by atoms with Crippen molar-refractivity contribution in [1.29, 1.82) is 0 Å². The molecule has 2 aromatic carbocycles. The molecule has 1 amide bonds. The maximum Gasteiger partial charge on any atom is 0.236 e. The molecule has 5 heteroatoms. The molecule has 0 aromatic heterocycles. The number of hydrogen-bond donors (Lipinski definition) is 0. The van der Waals surface area contributed by atoms with Gasteiger partial charge < -0.3 is 9.80 Å². The van der Waals surface area contributed by atoms with Gasteiger partial charge in [-0.2, -0.15) is 0 Å². The molecule has 4 rings (SSSR count). The minimum absolute atomic E-state index is 0.0418. The van der Waals surface area contributed by atoms with Crippen molar-refractivity contribution in [1.82, 2.24) is 4.90 Å². The summed E-state index contributed by atoms with van der Waals surface area (Å²) >= 11 is 7.79. The van der Waals surface area contributed by atoms with Crippen LogP contribution in [-0.4, -0.2) is 42.2 Å². The number of fused-ring (bicyclic) bond motifs is 1. The fourth-order valence-corrected chi connectivity index (χ4v) is 4.85. The van der Waals surface area contributed by atoms with Gasteiger partial charge in [-0.05, 0) is 36.2 Å². The highest BCUT2D eigenvalue weighted by Gasteiger charge is 2.32. The van der Waals surface area contributed by atoms with Crippen molar-refractivity contribution in [3.05, 3.63) is 59.1 Å². The zero-order valence-corrected chi connectivity index (χ0v) is 14.9. The molecule has 0 saturated carbocycles. The highest BCUT2D eigenvalue weighted by atomic mass is 35.5. The van der Waals surface area contributed by atoms with Crippen LogP contribution in [0.3, 0.4) is 0 Å². The van der Waals surface area contributed by atoms with Crippen LogP contribution in [0.2, 0.25) is 5.02 Å². The van der Waals surface area contributed by atoms with Crippen LogP contribution < -0.4 is 4.90 Å². The van der Waals surface area contributed by atoms with Gasteiger partial charge in [0.05, 0.1) is 5.25 Å². The van der Waals surface area contributed by atoms with Gasteiger partial charge >= 0.3 is 0 Å². The second-order valence-electron chi connectivity index (χ2n) is 6.21. The second-order valence-corrected chi connectivity index (χ2v) is 7.89. The Hall–Kier alpha value is -1.65. The smallest absolute Gasteiger partial charge is 0.236 e. The molecule has 24 heavy (non-hydrogen) atoms. The van der Waals surface area contributed by atoms with Gasteiger partial charge in [0.2, 0.25) is 5.91 Å². The Bertz CT molecular complexity index is 734. The summed E-state index contributed by atoms with van der Waals surface area (Å²) in [7, 11) is 0. The van der Waals surface area contributed by atoms with Crippen molar-refractivity contribution < 1.29 is 4.79 Å². The summed E-state index contributed by atoms with van der Waals surface area (Å²) in [6, 6.07) is 16.3. The maximum atomic E-state index is 12.8. The van der Waals surface area contributed by atoms with Crippen LogP contribution in [0.4, 0.5) is 5.69 Å². The summed E-state index contributed by atoms with van der Waals surface area (Å²) in [6.45, 7) is 3.27. The predicted molar refractivity (Wildman–Crippen MR) is 100 cm³/mol. The fourth-order valence-electron chi connectivity index (χ4n) is 3.38. The van der Waals surface area contributed by atoms with Crippen LogP contribution in [0, 0.1) is 0 Å². The number of piperazine rings is 1. The van der Waals surface area contributed by atoms with E-state index in [0.29, 0.717) is 0 Å². The first kappa shape index (κ1) is 15.9. The molecule has 1 atom stereocenters. The van der Waals surface area contributed by atoms with Crippen LogP contribution in [-0.2, 0) is 11.2 Å². The van der Waals surface area contributed by atoms with Crippen molar-refractivity contribution in [3.63, 3.8) is 0 Å². The number of anilines is 1. The highest BCUT2D eigenvalue weighted by molar-refractivity contribution is 8.01. The van der Waals surface area contributed by atoms with Gasteiger partial charge in [-0.15, -0.1) is 11.8 Å². The highest BCUT2D eigenvalue weighted by Crippen LogP contribution is 2.37. The standard InChI is InChI=1S/C19H19ClN2OS/c20-15-5-3-6-16(13-15)21-8-10-22(11-9-21)19(23)18-12-14-4-1-2-7-17(14)24-18/h1-7,13,18H,8-12H2. The molecule has 0 radical (unpaired) electrons. The average Bonchev–Trinajstić information content (AvgIpc) is 3.05. The third kappa shape index (κ3) is 3.13. The lowest BCUT2D eigenvalue weighted by Gasteiger charge is -2.37. The van der Waals surface area contributed by atoms with Crippen LogP contribution in [0.5, 0.6) is 0 Å². The summed E-state index contributed by atoms with van der Waals surface area (Å²) in [5.41, 5.74) is 2.44. The predicted octanol–water partition coefficient (Wildman–Crippen LogP) is 3.71. The molecular formula is C19H19ClN2OS. The van der Waals surface area contributed by atoms with E-state index in [9.17, 15) is 4.79 Å². The summed E-state index contributed by atoms with van der Waals surface area (Å²) in [6.07, 6.45) is 0.855. The molecule has 2 aliphatic heterocycles.